The number of carbonyl (C=O) groups excluding carboxylic acids is 1. The molecule has 1 aliphatic rings. The molecule has 1 amide bonds. The Morgan fingerprint density at radius 3 is 2.67 bits per heavy atom. The van der Waals surface area contributed by atoms with Gasteiger partial charge in [-0.3, -0.25) is 9.79 Å². The van der Waals surface area contributed by atoms with Gasteiger partial charge in [0.2, 0.25) is 0 Å². The summed E-state index contributed by atoms with van der Waals surface area (Å²) < 4.78 is 43.6. The van der Waals surface area contributed by atoms with E-state index >= 15 is 0 Å². The third-order valence-corrected chi connectivity index (χ3v) is 6.74. The maximum absolute atomic E-state index is 13.1. The van der Waals surface area contributed by atoms with Crippen molar-refractivity contribution in [2.24, 2.45) is 10.7 Å². The number of amidine groups is 1. The van der Waals surface area contributed by atoms with Crippen LogP contribution < -0.4 is 15.8 Å². The Balaban J connectivity index is 1.99. The Bertz CT molecular complexity index is 1350. The summed E-state index contributed by atoms with van der Waals surface area (Å²) in [6.45, 7) is 7.13. The van der Waals surface area contributed by atoms with E-state index < -0.39 is 18.0 Å². The third-order valence-electron chi connectivity index (χ3n) is 6.41. The fourth-order valence-corrected chi connectivity index (χ4v) is 4.69. The number of hydrogen-bond donors (Lipinski definition) is 2. The summed E-state index contributed by atoms with van der Waals surface area (Å²) in [5, 5.41) is 12.5. The van der Waals surface area contributed by atoms with Gasteiger partial charge < -0.3 is 20.7 Å². The molecule has 2 aromatic carbocycles. The van der Waals surface area contributed by atoms with E-state index in [1.54, 1.807) is 18.2 Å². The summed E-state index contributed by atoms with van der Waals surface area (Å²) in [6.07, 6.45) is -2.89. The average Bonchev–Trinajstić information content (AvgIpc) is 2.91. The number of benzene rings is 2. The van der Waals surface area contributed by atoms with Crippen molar-refractivity contribution < 1.29 is 22.7 Å². The molecule has 1 atom stereocenters. The molecule has 1 aliphatic heterocycles. The van der Waals surface area contributed by atoms with E-state index in [-0.39, 0.29) is 33.6 Å². The Morgan fingerprint density at radius 1 is 1.33 bits per heavy atom. The summed E-state index contributed by atoms with van der Waals surface area (Å²) in [6, 6.07) is 12.6. The highest BCUT2D eigenvalue weighted by Gasteiger charge is 2.33. The zero-order valence-corrected chi connectivity index (χ0v) is 22.4. The fraction of sp³-hybridized carbons (Fsp3) is 0.321. The van der Waals surface area contributed by atoms with Crippen LogP contribution >= 0.6 is 11.6 Å². The minimum Gasteiger partial charge on any atom is -0.404 e. The highest BCUT2D eigenvalue weighted by atomic mass is 35.5. The minimum absolute atomic E-state index is 0.0995. The van der Waals surface area contributed by atoms with Gasteiger partial charge in [0.25, 0.3) is 5.91 Å². The van der Waals surface area contributed by atoms with Gasteiger partial charge in [-0.25, -0.2) is 0 Å². The van der Waals surface area contributed by atoms with Crippen molar-refractivity contribution in [3.63, 3.8) is 0 Å². The number of halogens is 4. The second kappa shape index (κ2) is 12.7. The van der Waals surface area contributed by atoms with E-state index in [0.29, 0.717) is 30.8 Å². The van der Waals surface area contributed by atoms with Crippen molar-refractivity contribution in [3.8, 4) is 11.8 Å². The number of hydrogen-bond acceptors (Lipinski definition) is 5. The number of ether oxygens (including phenoxy) is 1. The number of amides is 1. The monoisotopic (exact) mass is 559 g/mol. The number of nitrogens with two attached hydrogens (primary N) is 1. The van der Waals surface area contributed by atoms with E-state index in [9.17, 15) is 23.2 Å². The number of rotatable bonds is 8. The first-order valence-electron chi connectivity index (χ1n) is 12.2. The van der Waals surface area contributed by atoms with Crippen LogP contribution in [0.2, 0.25) is 5.02 Å². The quantitative estimate of drug-likeness (QED) is 0.168. The van der Waals surface area contributed by atoms with Crippen molar-refractivity contribution in [1.82, 2.24) is 4.90 Å². The molecule has 39 heavy (non-hydrogen) atoms. The number of nitrogens with one attached hydrogen (secondary N) is 1. The van der Waals surface area contributed by atoms with Gasteiger partial charge in [0.05, 0.1) is 22.0 Å². The van der Waals surface area contributed by atoms with Crippen LogP contribution in [0, 0.1) is 11.3 Å². The number of nitrogens with zero attached hydrogens (tertiary/aromatic N) is 3. The first kappa shape index (κ1) is 29.6. The van der Waals surface area contributed by atoms with Gasteiger partial charge >= 0.3 is 6.36 Å². The molecule has 3 N–H and O–H groups in total. The molecule has 0 aromatic heterocycles. The molecule has 11 heteroatoms. The maximum Gasteiger partial charge on any atom is 0.573 e. The Kier molecular flexibility index (Phi) is 9.65. The van der Waals surface area contributed by atoms with Crippen molar-refractivity contribution in [1.29, 1.82) is 5.26 Å². The lowest BCUT2D eigenvalue weighted by atomic mass is 9.88. The molecule has 2 aromatic rings. The van der Waals surface area contributed by atoms with E-state index in [0.717, 1.165) is 18.4 Å². The minimum atomic E-state index is -4.96. The van der Waals surface area contributed by atoms with Gasteiger partial charge in [-0.05, 0) is 54.7 Å². The zero-order valence-electron chi connectivity index (χ0n) is 21.6. The Hall–Kier alpha value is -3.97. The van der Waals surface area contributed by atoms with Crippen molar-refractivity contribution in [2.45, 2.75) is 38.5 Å². The summed E-state index contributed by atoms with van der Waals surface area (Å²) in [4.78, 5) is 18.9. The largest absolute Gasteiger partial charge is 0.573 e. The summed E-state index contributed by atoms with van der Waals surface area (Å²) in [5.41, 5.74) is 8.24. The highest BCUT2D eigenvalue weighted by molar-refractivity contribution is 6.34. The molecule has 0 saturated carbocycles. The van der Waals surface area contributed by atoms with Gasteiger partial charge in [0.15, 0.2) is 5.75 Å². The van der Waals surface area contributed by atoms with E-state index in [1.165, 1.54) is 31.3 Å². The number of anilines is 1. The van der Waals surface area contributed by atoms with E-state index in [4.69, 9.17) is 17.3 Å². The van der Waals surface area contributed by atoms with Crippen LogP contribution in [0.4, 0.5) is 18.9 Å². The lowest BCUT2D eigenvalue weighted by molar-refractivity contribution is -0.274. The SMILES string of the molecule is C=C(CC)/C(=C(/C#N)C(N)=NC)N1CCCC(c2ccc(OC(F)(F)F)c(NC(=O)c3ccccc3Cl)c2)C1. The average molecular weight is 560 g/mol. The number of allylic oxidation sites excluding steroid dienone is 1. The molecule has 1 unspecified atom stereocenters. The first-order valence-corrected chi connectivity index (χ1v) is 12.6. The van der Waals surface area contributed by atoms with Gasteiger partial charge in [0.1, 0.15) is 17.5 Å². The lowest BCUT2D eigenvalue weighted by Crippen LogP contribution is -2.36. The molecule has 1 heterocycles. The number of piperidine rings is 1. The lowest BCUT2D eigenvalue weighted by Gasteiger charge is -2.37. The topological polar surface area (TPSA) is 104 Å². The second-order valence-corrected chi connectivity index (χ2v) is 9.33. The Labute approximate surface area is 230 Å². The molecule has 7 nitrogen and oxygen atoms in total. The molecule has 206 valence electrons. The third kappa shape index (κ3) is 7.33. The molecule has 1 fully saturated rings. The molecule has 0 spiro atoms. The van der Waals surface area contributed by atoms with Gasteiger partial charge in [0, 0.05) is 26.1 Å². The van der Waals surface area contributed by atoms with Crippen LogP contribution in [0.15, 0.2) is 70.9 Å². The number of likely N-dealkylation sites (tertiary alicyclic amines) is 1. The zero-order chi connectivity index (χ0) is 28.7. The van der Waals surface area contributed by atoms with E-state index in [1.807, 2.05) is 11.8 Å². The smallest absolute Gasteiger partial charge is 0.404 e. The van der Waals surface area contributed by atoms with E-state index in [2.05, 4.69) is 27.7 Å². The summed E-state index contributed by atoms with van der Waals surface area (Å²) >= 11 is 6.11. The predicted octanol–water partition coefficient (Wildman–Crippen LogP) is 6.40. The fourth-order valence-electron chi connectivity index (χ4n) is 4.47. The second-order valence-electron chi connectivity index (χ2n) is 8.92. The molecule has 0 radical (unpaired) electrons. The molecule has 1 saturated heterocycles. The van der Waals surface area contributed by atoms with Crippen LogP contribution in [0.25, 0.3) is 0 Å². The van der Waals surface area contributed by atoms with Gasteiger partial charge in [-0.2, -0.15) is 5.26 Å². The first-order chi connectivity index (χ1) is 18.5. The van der Waals surface area contributed by atoms with Crippen LogP contribution in [0.5, 0.6) is 5.75 Å². The maximum atomic E-state index is 13.1. The van der Waals surface area contributed by atoms with Crippen molar-refractivity contribution in [2.75, 3.05) is 25.5 Å². The van der Waals surface area contributed by atoms with Crippen LogP contribution in [-0.4, -0.2) is 43.1 Å². The normalized spacial score (nSPS) is 16.7. The van der Waals surface area contributed by atoms with Crippen molar-refractivity contribution in [3.05, 3.63) is 82.0 Å². The van der Waals surface area contributed by atoms with Gasteiger partial charge in [-0.15, -0.1) is 13.2 Å². The van der Waals surface area contributed by atoms with Gasteiger partial charge in [-0.1, -0.05) is 43.3 Å². The van der Waals surface area contributed by atoms with Crippen LogP contribution in [-0.2, 0) is 0 Å². The molecular formula is C28H29ClF3N5O2. The number of nitriles is 1. The Morgan fingerprint density at radius 2 is 2.05 bits per heavy atom. The highest BCUT2D eigenvalue weighted by Crippen LogP contribution is 2.37. The molecule has 0 aliphatic carbocycles. The summed E-state index contributed by atoms with van der Waals surface area (Å²) in [5.74, 6) is -1.25. The molecule has 0 bridgehead atoms. The van der Waals surface area contributed by atoms with Crippen LogP contribution in [0.1, 0.15) is 48.0 Å². The predicted molar refractivity (Wildman–Crippen MR) is 146 cm³/mol. The standard InChI is InChI=1S/C28H29ClF3N5O2/c1-4-17(2)25(21(15-33)26(34)35-3)37-13-7-8-19(16-37)18-11-12-24(39-28(30,31)32)23(14-18)36-27(38)20-9-5-6-10-22(20)29/h5-6,9-12,14,19H,2,4,7-8,13,16H2,1,3H3,(H2,34,35)(H,36,38)/b25-21+. The van der Waals surface area contributed by atoms with Crippen molar-refractivity contribution >= 4 is 29.0 Å². The summed E-state index contributed by atoms with van der Waals surface area (Å²) in [7, 11) is 1.50. The molecule has 3 rings (SSSR count). The van der Waals surface area contributed by atoms with Crippen LogP contribution in [0.3, 0.4) is 0 Å². The number of aliphatic imine (C=N–C) groups is 1. The number of carbonyl (C=O) groups is 1. The molecular weight excluding hydrogens is 531 g/mol. The number of alkyl halides is 3.